The second kappa shape index (κ2) is 5.36. The molecule has 2 aromatic rings. The molecule has 1 aliphatic heterocycles. The smallest absolute Gasteiger partial charge is 0.269 e. The minimum absolute atomic E-state index is 0.0557. The number of nitro groups is 1. The Balaban J connectivity index is 1.95. The van der Waals surface area contributed by atoms with E-state index in [0.29, 0.717) is 19.4 Å². The third-order valence-corrected chi connectivity index (χ3v) is 3.66. The number of nitrogens with zero attached hydrogens (tertiary/aromatic N) is 2. The summed E-state index contributed by atoms with van der Waals surface area (Å²) in [6, 6.07) is 14.4. The van der Waals surface area contributed by atoms with Gasteiger partial charge in [-0.15, -0.1) is 0 Å². The van der Waals surface area contributed by atoms with E-state index in [1.54, 1.807) is 17.0 Å². The van der Waals surface area contributed by atoms with Gasteiger partial charge in [-0.2, -0.15) is 0 Å². The van der Waals surface area contributed by atoms with E-state index in [1.807, 2.05) is 30.3 Å². The van der Waals surface area contributed by atoms with Crippen LogP contribution in [0, 0.1) is 10.1 Å². The van der Waals surface area contributed by atoms with Crippen molar-refractivity contribution in [1.29, 1.82) is 0 Å². The van der Waals surface area contributed by atoms with Gasteiger partial charge in [0.1, 0.15) is 0 Å². The first-order valence-electron chi connectivity index (χ1n) is 6.77. The van der Waals surface area contributed by atoms with Gasteiger partial charge < -0.3 is 4.90 Å². The van der Waals surface area contributed by atoms with Gasteiger partial charge in [-0.25, -0.2) is 0 Å². The van der Waals surface area contributed by atoms with Crippen molar-refractivity contribution >= 4 is 17.3 Å². The number of anilines is 1. The van der Waals surface area contributed by atoms with E-state index in [1.165, 1.54) is 6.07 Å². The number of non-ortho nitro benzene ring substituents is 1. The molecule has 0 N–H and O–H groups in total. The highest BCUT2D eigenvalue weighted by Gasteiger charge is 2.25. The van der Waals surface area contributed by atoms with Crippen molar-refractivity contribution in [2.45, 2.75) is 19.4 Å². The number of benzene rings is 2. The number of hydrogen-bond donors (Lipinski definition) is 0. The molecule has 3 rings (SSSR count). The molecule has 1 amide bonds. The summed E-state index contributed by atoms with van der Waals surface area (Å²) >= 11 is 0. The fourth-order valence-electron chi connectivity index (χ4n) is 2.60. The fourth-order valence-corrected chi connectivity index (χ4v) is 2.60. The topological polar surface area (TPSA) is 63.4 Å². The van der Waals surface area contributed by atoms with Crippen LogP contribution in [0.3, 0.4) is 0 Å². The minimum Gasteiger partial charge on any atom is -0.308 e. The van der Waals surface area contributed by atoms with Gasteiger partial charge in [0, 0.05) is 24.2 Å². The summed E-state index contributed by atoms with van der Waals surface area (Å²) in [5.74, 6) is 0.0557. The van der Waals surface area contributed by atoms with Crippen LogP contribution in [-0.4, -0.2) is 10.8 Å². The average Bonchev–Trinajstić information content (AvgIpc) is 2.50. The maximum atomic E-state index is 12.2. The zero-order valence-corrected chi connectivity index (χ0v) is 11.4. The molecule has 0 radical (unpaired) electrons. The predicted molar refractivity (Wildman–Crippen MR) is 79.0 cm³/mol. The van der Waals surface area contributed by atoms with E-state index in [9.17, 15) is 14.9 Å². The van der Waals surface area contributed by atoms with Crippen molar-refractivity contribution in [2.75, 3.05) is 4.90 Å². The number of aryl methyl sites for hydroxylation is 1. The van der Waals surface area contributed by atoms with Gasteiger partial charge >= 0.3 is 0 Å². The van der Waals surface area contributed by atoms with Crippen LogP contribution in [0.4, 0.5) is 11.4 Å². The molecular weight excluding hydrogens is 268 g/mol. The van der Waals surface area contributed by atoms with E-state index in [2.05, 4.69) is 0 Å². The molecule has 0 spiro atoms. The minimum atomic E-state index is -0.405. The second-order valence-corrected chi connectivity index (χ2v) is 5.04. The van der Waals surface area contributed by atoms with Gasteiger partial charge in [-0.05, 0) is 23.6 Å². The van der Waals surface area contributed by atoms with E-state index in [-0.39, 0.29) is 11.6 Å². The summed E-state index contributed by atoms with van der Waals surface area (Å²) in [6.45, 7) is 0.491. The monoisotopic (exact) mass is 282 g/mol. The number of amides is 1. The lowest BCUT2D eigenvalue weighted by Gasteiger charge is -2.29. The van der Waals surface area contributed by atoms with Crippen molar-refractivity contribution < 1.29 is 9.72 Å². The second-order valence-electron chi connectivity index (χ2n) is 5.04. The third-order valence-electron chi connectivity index (χ3n) is 3.66. The Kier molecular flexibility index (Phi) is 3.39. The van der Waals surface area contributed by atoms with Gasteiger partial charge in [0.2, 0.25) is 5.91 Å². The first-order valence-corrected chi connectivity index (χ1v) is 6.77. The van der Waals surface area contributed by atoms with Crippen molar-refractivity contribution in [3.05, 3.63) is 69.8 Å². The Morgan fingerprint density at radius 3 is 2.57 bits per heavy atom. The molecule has 1 aliphatic rings. The zero-order chi connectivity index (χ0) is 14.8. The Morgan fingerprint density at radius 2 is 1.86 bits per heavy atom. The molecule has 1 heterocycles. The third kappa shape index (κ3) is 2.63. The average molecular weight is 282 g/mol. The molecule has 0 unspecified atom stereocenters. The molecule has 0 saturated carbocycles. The van der Waals surface area contributed by atoms with Crippen LogP contribution in [0.5, 0.6) is 0 Å². The molecule has 0 atom stereocenters. The lowest BCUT2D eigenvalue weighted by molar-refractivity contribution is -0.384. The molecule has 21 heavy (non-hydrogen) atoms. The molecule has 0 saturated heterocycles. The number of fused-ring (bicyclic) bond motifs is 1. The lowest BCUT2D eigenvalue weighted by Crippen LogP contribution is -2.34. The molecule has 0 fully saturated rings. The van der Waals surface area contributed by atoms with Crippen molar-refractivity contribution in [3.8, 4) is 0 Å². The first kappa shape index (κ1) is 13.3. The van der Waals surface area contributed by atoms with Crippen molar-refractivity contribution in [3.63, 3.8) is 0 Å². The normalized spacial score (nSPS) is 13.9. The molecule has 0 aliphatic carbocycles. The first-order chi connectivity index (χ1) is 10.1. The summed E-state index contributed by atoms with van der Waals surface area (Å²) in [7, 11) is 0. The van der Waals surface area contributed by atoms with Crippen LogP contribution in [0.1, 0.15) is 17.5 Å². The lowest BCUT2D eigenvalue weighted by atomic mass is 9.99. The summed E-state index contributed by atoms with van der Waals surface area (Å²) in [4.78, 5) is 24.3. The summed E-state index contributed by atoms with van der Waals surface area (Å²) < 4.78 is 0. The largest absolute Gasteiger partial charge is 0.308 e. The molecule has 5 heteroatoms. The molecule has 2 aromatic carbocycles. The molecule has 0 aromatic heterocycles. The molecular formula is C16H14N2O3. The van der Waals surface area contributed by atoms with E-state index in [4.69, 9.17) is 0 Å². The van der Waals surface area contributed by atoms with Crippen LogP contribution >= 0.6 is 0 Å². The quantitative estimate of drug-likeness (QED) is 0.642. The highest BCUT2D eigenvalue weighted by atomic mass is 16.6. The number of hydrogen-bond acceptors (Lipinski definition) is 3. The van der Waals surface area contributed by atoms with Gasteiger partial charge in [-0.3, -0.25) is 14.9 Å². The molecule has 106 valence electrons. The van der Waals surface area contributed by atoms with E-state index >= 15 is 0 Å². The Morgan fingerprint density at radius 1 is 1.10 bits per heavy atom. The maximum absolute atomic E-state index is 12.2. The van der Waals surface area contributed by atoms with Crippen LogP contribution in [0.15, 0.2) is 48.5 Å². The summed E-state index contributed by atoms with van der Waals surface area (Å²) in [5.41, 5.74) is 2.75. The van der Waals surface area contributed by atoms with Crippen LogP contribution in [0.25, 0.3) is 0 Å². The Labute approximate surface area is 122 Å². The van der Waals surface area contributed by atoms with Gasteiger partial charge in [0.05, 0.1) is 11.5 Å². The van der Waals surface area contributed by atoms with E-state index in [0.717, 1.165) is 16.8 Å². The van der Waals surface area contributed by atoms with Gasteiger partial charge in [0.15, 0.2) is 0 Å². The van der Waals surface area contributed by atoms with Crippen molar-refractivity contribution in [2.24, 2.45) is 0 Å². The number of nitro benzene ring substituents is 1. The highest BCUT2D eigenvalue weighted by molar-refractivity contribution is 5.96. The summed E-state index contributed by atoms with van der Waals surface area (Å²) in [5, 5.41) is 10.8. The van der Waals surface area contributed by atoms with Gasteiger partial charge in [0.25, 0.3) is 5.69 Å². The number of carbonyl (C=O) groups is 1. The SMILES string of the molecule is O=C1CCc2cc([N+](=O)[O-])ccc2N1Cc1ccccc1. The Bertz CT molecular complexity index is 698. The number of rotatable bonds is 3. The van der Waals surface area contributed by atoms with Crippen LogP contribution in [-0.2, 0) is 17.8 Å². The fraction of sp³-hybridized carbons (Fsp3) is 0.188. The number of carbonyl (C=O) groups excluding carboxylic acids is 1. The van der Waals surface area contributed by atoms with Crippen LogP contribution in [0.2, 0.25) is 0 Å². The Hall–Kier alpha value is -2.69. The standard InChI is InChI=1S/C16H14N2O3/c19-16-9-6-13-10-14(18(20)21)7-8-15(13)17(16)11-12-4-2-1-3-5-12/h1-5,7-8,10H,6,9,11H2. The van der Waals surface area contributed by atoms with Gasteiger partial charge in [-0.1, -0.05) is 30.3 Å². The molecule has 0 bridgehead atoms. The summed E-state index contributed by atoms with van der Waals surface area (Å²) in [6.07, 6.45) is 0.947. The van der Waals surface area contributed by atoms with E-state index < -0.39 is 4.92 Å². The maximum Gasteiger partial charge on any atom is 0.269 e. The predicted octanol–water partition coefficient (Wildman–Crippen LogP) is 3.07. The zero-order valence-electron chi connectivity index (χ0n) is 11.4. The highest BCUT2D eigenvalue weighted by Crippen LogP contribution is 2.32. The van der Waals surface area contributed by atoms with Crippen LogP contribution < -0.4 is 4.90 Å². The van der Waals surface area contributed by atoms with Crippen molar-refractivity contribution in [1.82, 2.24) is 0 Å². The molecule has 5 nitrogen and oxygen atoms in total.